The van der Waals surface area contributed by atoms with Gasteiger partial charge in [-0.05, 0) is 27.7 Å². The van der Waals surface area contributed by atoms with Gasteiger partial charge in [0.2, 0.25) is 5.95 Å². The quantitative estimate of drug-likeness (QED) is 0.346. The summed E-state index contributed by atoms with van der Waals surface area (Å²) < 4.78 is 25.8. The lowest BCUT2D eigenvalue weighted by molar-refractivity contribution is -0.0631. The summed E-state index contributed by atoms with van der Waals surface area (Å²) in [5, 5.41) is 29.0. The lowest BCUT2D eigenvalue weighted by Gasteiger charge is -2.34. The average Bonchev–Trinajstić information content (AvgIpc) is 3.14. The third-order valence-corrected chi connectivity index (χ3v) is 7.33. The second-order valence-corrected chi connectivity index (χ2v) is 11.1. The van der Waals surface area contributed by atoms with E-state index in [1.54, 1.807) is 0 Å². The summed E-state index contributed by atoms with van der Waals surface area (Å²) >= 11 is 0. The van der Waals surface area contributed by atoms with Crippen LogP contribution in [0.1, 0.15) is 40.3 Å². The summed E-state index contributed by atoms with van der Waals surface area (Å²) in [6.45, 7) is 5.29. The highest BCUT2D eigenvalue weighted by Crippen LogP contribution is 2.57. The molecule has 5 atom stereocenters. The lowest BCUT2D eigenvalue weighted by atomic mass is 9.97. The predicted octanol–water partition coefficient (Wildman–Crippen LogP) is -0.570. The van der Waals surface area contributed by atoms with Crippen molar-refractivity contribution in [3.05, 3.63) is 16.7 Å². The Morgan fingerprint density at radius 1 is 1.29 bits per heavy atom. The van der Waals surface area contributed by atoms with Crippen LogP contribution in [0, 0.1) is 0 Å². The normalized spacial score (nSPS) is 27.0. The van der Waals surface area contributed by atoms with Crippen LogP contribution in [-0.2, 0) is 20.9 Å². The van der Waals surface area contributed by atoms with Crippen molar-refractivity contribution < 1.29 is 34.0 Å². The number of aliphatic hydroxyl groups is 3. The minimum atomic E-state index is -4.42. The van der Waals surface area contributed by atoms with Gasteiger partial charge < -0.3 is 35.2 Å². The van der Waals surface area contributed by atoms with Gasteiger partial charge in [0.1, 0.15) is 12.2 Å². The molecule has 31 heavy (non-hydrogen) atoms. The third kappa shape index (κ3) is 4.27. The zero-order valence-corrected chi connectivity index (χ0v) is 18.7. The zero-order valence-electron chi connectivity index (χ0n) is 17.8. The highest BCUT2D eigenvalue weighted by molar-refractivity contribution is 7.54. The van der Waals surface area contributed by atoms with Crippen LogP contribution in [0.4, 0.5) is 5.95 Å². The Balaban J connectivity index is 1.86. The maximum atomic E-state index is 12.3. The van der Waals surface area contributed by atoms with Crippen molar-refractivity contribution in [2.75, 3.05) is 5.73 Å². The van der Waals surface area contributed by atoms with Crippen molar-refractivity contribution in [3.63, 3.8) is 0 Å². The van der Waals surface area contributed by atoms with E-state index in [1.165, 1.54) is 31.8 Å². The number of nitrogens with two attached hydrogens (primary N) is 1. The Morgan fingerprint density at radius 3 is 2.48 bits per heavy atom. The first-order valence-electron chi connectivity index (χ1n) is 9.52. The van der Waals surface area contributed by atoms with Crippen molar-refractivity contribution in [2.24, 2.45) is 7.05 Å². The Hall–Kier alpha value is -1.86. The number of hydrogen-bond donors (Lipinski definition) is 5. The van der Waals surface area contributed by atoms with E-state index < -0.39 is 48.6 Å². The Morgan fingerprint density at radius 2 is 1.90 bits per heavy atom. The maximum absolute atomic E-state index is 12.3. The molecule has 6 N–H and O–H groups in total. The Bertz CT molecular complexity index is 1090. The van der Waals surface area contributed by atoms with Crippen molar-refractivity contribution in [2.45, 2.75) is 69.6 Å². The van der Waals surface area contributed by atoms with Crippen molar-refractivity contribution in [1.29, 1.82) is 0 Å². The summed E-state index contributed by atoms with van der Waals surface area (Å²) in [5.41, 5.74) is 4.06. The molecule has 14 heteroatoms. The minimum Gasteiger partial charge on any atom is -0.388 e. The molecule has 0 aliphatic carbocycles. The van der Waals surface area contributed by atoms with Gasteiger partial charge in [-0.3, -0.25) is 18.5 Å². The van der Waals surface area contributed by atoms with Gasteiger partial charge in [0.25, 0.3) is 5.56 Å². The molecule has 1 aliphatic heterocycles. The molecule has 0 amide bonds. The molecule has 13 nitrogen and oxygen atoms in total. The first-order chi connectivity index (χ1) is 14.1. The molecule has 0 radical (unpaired) electrons. The number of anilines is 1. The van der Waals surface area contributed by atoms with E-state index in [0.29, 0.717) is 0 Å². The highest BCUT2D eigenvalue weighted by atomic mass is 31.2. The smallest absolute Gasteiger partial charge is 0.359 e. The lowest BCUT2D eigenvalue weighted by Crippen LogP contribution is -2.38. The van der Waals surface area contributed by atoms with Gasteiger partial charge in [-0.1, -0.05) is 0 Å². The Kier molecular flexibility index (Phi) is 5.85. The monoisotopic (exact) mass is 461 g/mol. The molecular formula is C17H28N5O8P. The molecule has 0 spiro atoms. The molecular weight excluding hydrogens is 433 g/mol. The second-order valence-electron chi connectivity index (χ2n) is 8.77. The van der Waals surface area contributed by atoms with E-state index in [2.05, 4.69) is 9.97 Å². The Labute approximate surface area is 177 Å². The van der Waals surface area contributed by atoms with Gasteiger partial charge in [0, 0.05) is 13.5 Å². The van der Waals surface area contributed by atoms with Gasteiger partial charge in [0.15, 0.2) is 22.7 Å². The number of nitrogens with zero attached hydrogens (tertiary/aromatic N) is 4. The van der Waals surface area contributed by atoms with Crippen LogP contribution in [0.2, 0.25) is 0 Å². The standard InChI is InChI=1S/C17H28N5O8P/c1-16(2,30-31(27,28)17(3,4)26)6-8-10(23)11(24)14(29-8)22-7-19-9-12(22)20-15(18)21(5)13(9)25/h7-8,10-11,14,23-24,26H,6H2,1-5H3,(H2,18,20)(H,27,28)/t8-,10-,11-,14-/m1/s1. The molecule has 2 aromatic heterocycles. The highest BCUT2D eigenvalue weighted by Gasteiger charge is 2.49. The second kappa shape index (κ2) is 7.62. The molecule has 0 aromatic carbocycles. The number of aliphatic hydroxyl groups excluding tert-OH is 2. The van der Waals surface area contributed by atoms with Gasteiger partial charge >= 0.3 is 7.60 Å². The molecule has 174 valence electrons. The summed E-state index contributed by atoms with van der Waals surface area (Å²) in [5.74, 6) is -0.0660. The number of ether oxygens (including phenoxy) is 1. The van der Waals surface area contributed by atoms with Crippen LogP contribution < -0.4 is 11.3 Å². The van der Waals surface area contributed by atoms with Crippen LogP contribution in [0.3, 0.4) is 0 Å². The van der Waals surface area contributed by atoms with Crippen molar-refractivity contribution in [3.8, 4) is 0 Å². The first kappa shape index (κ1) is 23.8. The fraction of sp³-hybridized carbons (Fsp3) is 0.706. The number of aromatic nitrogens is 4. The van der Waals surface area contributed by atoms with Gasteiger partial charge in [0.05, 0.1) is 18.0 Å². The molecule has 1 unspecified atom stereocenters. The molecule has 0 bridgehead atoms. The van der Waals surface area contributed by atoms with Crippen LogP contribution in [0.15, 0.2) is 11.1 Å². The average molecular weight is 461 g/mol. The number of hydrogen-bond acceptors (Lipinski definition) is 10. The SMILES string of the molecule is Cn1c(N)nc2c(ncn2[C@@H]2O[C@H](CC(C)(C)OP(=O)(O)C(C)(C)O)[C@@H](O)[C@H]2O)c1=O. The van der Waals surface area contributed by atoms with Crippen LogP contribution >= 0.6 is 7.60 Å². The molecule has 0 saturated carbocycles. The number of imidazole rings is 1. The number of fused-ring (bicyclic) bond motifs is 1. The van der Waals surface area contributed by atoms with E-state index in [1.807, 2.05) is 0 Å². The summed E-state index contributed by atoms with van der Waals surface area (Å²) in [7, 11) is -2.98. The zero-order chi connectivity index (χ0) is 23.5. The van der Waals surface area contributed by atoms with Crippen LogP contribution in [0.25, 0.3) is 11.2 Å². The minimum absolute atomic E-state index is 0.0144. The van der Waals surface area contributed by atoms with E-state index in [-0.39, 0.29) is 23.5 Å². The van der Waals surface area contributed by atoms with E-state index in [9.17, 15) is 29.6 Å². The third-order valence-electron chi connectivity index (χ3n) is 5.21. The predicted molar refractivity (Wildman–Crippen MR) is 109 cm³/mol. The topological polar surface area (TPSA) is 195 Å². The molecule has 3 heterocycles. The molecule has 3 rings (SSSR count). The first-order valence-corrected chi connectivity index (χ1v) is 11.1. The van der Waals surface area contributed by atoms with Gasteiger partial charge in [-0.15, -0.1) is 0 Å². The van der Waals surface area contributed by atoms with Gasteiger partial charge in [-0.2, -0.15) is 4.98 Å². The van der Waals surface area contributed by atoms with Gasteiger partial charge in [-0.25, -0.2) is 4.98 Å². The molecule has 1 aliphatic rings. The summed E-state index contributed by atoms with van der Waals surface area (Å²) in [6.07, 6.45) is -3.78. The van der Waals surface area contributed by atoms with Crippen molar-refractivity contribution >= 4 is 24.7 Å². The van der Waals surface area contributed by atoms with E-state index in [4.69, 9.17) is 15.0 Å². The molecule has 1 fully saturated rings. The molecule has 1 saturated heterocycles. The number of rotatable bonds is 6. The fourth-order valence-electron chi connectivity index (χ4n) is 3.34. The maximum Gasteiger partial charge on any atom is 0.359 e. The van der Waals surface area contributed by atoms with Crippen molar-refractivity contribution in [1.82, 2.24) is 19.1 Å². The summed E-state index contributed by atoms with van der Waals surface area (Å²) in [4.78, 5) is 30.5. The number of nitrogen functional groups attached to an aromatic ring is 1. The van der Waals surface area contributed by atoms with E-state index >= 15 is 0 Å². The largest absolute Gasteiger partial charge is 0.388 e. The fourth-order valence-corrected chi connectivity index (χ4v) is 4.31. The molecule has 2 aromatic rings. The van der Waals surface area contributed by atoms with E-state index in [0.717, 1.165) is 18.4 Å². The summed E-state index contributed by atoms with van der Waals surface area (Å²) in [6, 6.07) is 0. The van der Waals surface area contributed by atoms with Crippen LogP contribution in [-0.4, -0.2) is 68.6 Å². The van der Waals surface area contributed by atoms with Crippen LogP contribution in [0.5, 0.6) is 0 Å².